The summed E-state index contributed by atoms with van der Waals surface area (Å²) in [6.45, 7) is 5.58. The molecule has 0 radical (unpaired) electrons. The number of aryl methyl sites for hydroxylation is 1. The predicted octanol–water partition coefficient (Wildman–Crippen LogP) is 3.72. The molecule has 1 aromatic heterocycles. The van der Waals surface area contributed by atoms with E-state index < -0.39 is 0 Å². The van der Waals surface area contributed by atoms with E-state index in [-0.39, 0.29) is 5.78 Å². The lowest BCUT2D eigenvalue weighted by Crippen LogP contribution is -2.31. The lowest BCUT2D eigenvalue weighted by Gasteiger charge is -2.27. The molecule has 0 unspecified atom stereocenters. The highest BCUT2D eigenvalue weighted by Gasteiger charge is 2.14. The molecule has 0 spiro atoms. The summed E-state index contributed by atoms with van der Waals surface area (Å²) in [4.78, 5) is 23.0. The average molecular weight is 310 g/mol. The normalized spacial score (nSPS) is 14.6. The van der Waals surface area contributed by atoms with Crippen LogP contribution in [0.15, 0.2) is 30.3 Å². The van der Waals surface area contributed by atoms with Gasteiger partial charge in [0.15, 0.2) is 5.78 Å². The maximum Gasteiger partial charge on any atom is 0.227 e. The number of carbonyl (C=O) groups is 1. The minimum atomic E-state index is 0.0570. The molecule has 1 saturated heterocycles. The number of anilines is 3. The Hall–Kier alpha value is -2.43. The van der Waals surface area contributed by atoms with E-state index in [1.54, 1.807) is 6.92 Å². The van der Waals surface area contributed by atoms with Gasteiger partial charge in [-0.25, -0.2) is 4.98 Å². The van der Waals surface area contributed by atoms with Gasteiger partial charge in [0.05, 0.1) is 0 Å². The number of rotatable bonds is 4. The van der Waals surface area contributed by atoms with Crippen molar-refractivity contribution in [2.24, 2.45) is 0 Å². The second-order valence-corrected chi connectivity index (χ2v) is 6.00. The summed E-state index contributed by atoms with van der Waals surface area (Å²) in [5.74, 6) is 1.61. The van der Waals surface area contributed by atoms with Crippen molar-refractivity contribution in [3.05, 3.63) is 41.6 Å². The van der Waals surface area contributed by atoms with Crippen LogP contribution < -0.4 is 10.2 Å². The highest BCUT2D eigenvalue weighted by Crippen LogP contribution is 2.21. The van der Waals surface area contributed by atoms with Crippen LogP contribution >= 0.6 is 0 Å². The van der Waals surface area contributed by atoms with Crippen LogP contribution in [0.5, 0.6) is 0 Å². The molecule has 5 nitrogen and oxygen atoms in total. The number of Topliss-reactive ketones (excluding diaryl/α,β-unsaturated/α-hetero) is 1. The van der Waals surface area contributed by atoms with Crippen molar-refractivity contribution in [2.75, 3.05) is 23.3 Å². The van der Waals surface area contributed by atoms with Gasteiger partial charge in [0.25, 0.3) is 0 Å². The number of hydrogen-bond acceptors (Lipinski definition) is 5. The quantitative estimate of drug-likeness (QED) is 0.872. The maximum atomic E-state index is 11.5. The van der Waals surface area contributed by atoms with Crippen molar-refractivity contribution in [1.29, 1.82) is 0 Å². The van der Waals surface area contributed by atoms with Crippen LogP contribution in [0.3, 0.4) is 0 Å². The molecule has 1 N–H and O–H groups in total. The van der Waals surface area contributed by atoms with Gasteiger partial charge >= 0.3 is 0 Å². The van der Waals surface area contributed by atoms with Gasteiger partial charge in [0.2, 0.25) is 5.95 Å². The van der Waals surface area contributed by atoms with Gasteiger partial charge in [-0.1, -0.05) is 12.1 Å². The second-order valence-electron chi connectivity index (χ2n) is 6.00. The third-order valence-corrected chi connectivity index (χ3v) is 4.02. The molecule has 23 heavy (non-hydrogen) atoms. The van der Waals surface area contributed by atoms with Crippen LogP contribution in [0.2, 0.25) is 0 Å². The fraction of sp³-hybridized carbons (Fsp3) is 0.389. The molecule has 0 saturated carbocycles. The molecule has 1 aliphatic rings. The molecular weight excluding hydrogens is 288 g/mol. The number of nitrogens with zero attached hydrogens (tertiary/aromatic N) is 3. The monoisotopic (exact) mass is 310 g/mol. The summed E-state index contributed by atoms with van der Waals surface area (Å²) in [6.07, 6.45) is 3.67. The summed E-state index contributed by atoms with van der Waals surface area (Å²) in [5, 5.41) is 3.29. The summed E-state index contributed by atoms with van der Waals surface area (Å²) < 4.78 is 0. The van der Waals surface area contributed by atoms with E-state index in [4.69, 9.17) is 0 Å². The molecule has 1 aliphatic heterocycles. The van der Waals surface area contributed by atoms with Crippen molar-refractivity contribution >= 4 is 23.2 Å². The highest BCUT2D eigenvalue weighted by molar-refractivity contribution is 5.95. The lowest BCUT2D eigenvalue weighted by atomic mass is 10.1. The minimum absolute atomic E-state index is 0.0570. The van der Waals surface area contributed by atoms with E-state index >= 15 is 0 Å². The number of carbonyl (C=O) groups excluding carboxylic acids is 1. The smallest absolute Gasteiger partial charge is 0.227 e. The van der Waals surface area contributed by atoms with Crippen LogP contribution in [-0.2, 0) is 0 Å². The summed E-state index contributed by atoms with van der Waals surface area (Å²) >= 11 is 0. The third kappa shape index (κ3) is 3.86. The van der Waals surface area contributed by atoms with Gasteiger partial charge in [0, 0.05) is 36.1 Å². The first-order valence-electron chi connectivity index (χ1n) is 8.10. The van der Waals surface area contributed by atoms with Crippen LogP contribution in [0.4, 0.5) is 17.5 Å². The Balaban J connectivity index is 1.83. The molecule has 5 heteroatoms. The van der Waals surface area contributed by atoms with E-state index in [2.05, 4.69) is 20.2 Å². The van der Waals surface area contributed by atoms with Crippen molar-refractivity contribution in [1.82, 2.24) is 9.97 Å². The van der Waals surface area contributed by atoms with Crippen LogP contribution in [-0.4, -0.2) is 28.8 Å². The maximum absolute atomic E-state index is 11.5. The molecule has 0 aliphatic carbocycles. The first-order chi connectivity index (χ1) is 11.1. The van der Waals surface area contributed by atoms with Crippen LogP contribution in [0, 0.1) is 6.92 Å². The van der Waals surface area contributed by atoms with E-state index in [0.717, 1.165) is 36.2 Å². The zero-order valence-electron chi connectivity index (χ0n) is 13.7. The molecule has 0 atom stereocenters. The first kappa shape index (κ1) is 15.5. The average Bonchev–Trinajstić information content (AvgIpc) is 2.55. The number of benzene rings is 1. The van der Waals surface area contributed by atoms with Gasteiger partial charge in [-0.15, -0.1) is 0 Å². The Morgan fingerprint density at radius 1 is 1.13 bits per heavy atom. The molecule has 120 valence electrons. The largest absolute Gasteiger partial charge is 0.341 e. The van der Waals surface area contributed by atoms with Gasteiger partial charge in [-0.3, -0.25) is 4.79 Å². The van der Waals surface area contributed by atoms with Gasteiger partial charge < -0.3 is 10.2 Å². The van der Waals surface area contributed by atoms with E-state index in [1.807, 2.05) is 37.3 Å². The second kappa shape index (κ2) is 6.77. The number of ketones is 1. The fourth-order valence-electron chi connectivity index (χ4n) is 2.82. The molecule has 2 aromatic rings. The number of aromatic nitrogens is 2. The summed E-state index contributed by atoms with van der Waals surface area (Å²) in [7, 11) is 0. The van der Waals surface area contributed by atoms with Crippen LogP contribution in [0.1, 0.15) is 42.2 Å². The Morgan fingerprint density at radius 3 is 2.65 bits per heavy atom. The summed E-state index contributed by atoms with van der Waals surface area (Å²) in [6, 6.07) is 9.40. The topological polar surface area (TPSA) is 58.1 Å². The fourth-order valence-corrected chi connectivity index (χ4v) is 2.82. The third-order valence-electron chi connectivity index (χ3n) is 4.02. The van der Waals surface area contributed by atoms with Gasteiger partial charge in [-0.05, 0) is 45.2 Å². The Morgan fingerprint density at radius 2 is 1.91 bits per heavy atom. The Bertz CT molecular complexity index is 708. The van der Waals surface area contributed by atoms with Gasteiger partial charge in [-0.2, -0.15) is 4.98 Å². The number of nitrogens with one attached hydrogen (secondary N) is 1. The van der Waals surface area contributed by atoms with E-state index in [1.165, 1.54) is 19.3 Å². The van der Waals surface area contributed by atoms with Crippen LogP contribution in [0.25, 0.3) is 0 Å². The number of piperidine rings is 1. The zero-order valence-corrected chi connectivity index (χ0v) is 13.7. The van der Waals surface area contributed by atoms with Crippen molar-refractivity contribution in [3.8, 4) is 0 Å². The summed E-state index contributed by atoms with van der Waals surface area (Å²) in [5.41, 5.74) is 2.49. The number of hydrogen-bond donors (Lipinski definition) is 1. The minimum Gasteiger partial charge on any atom is -0.341 e. The zero-order chi connectivity index (χ0) is 16.2. The molecule has 1 fully saturated rings. The molecule has 2 heterocycles. The van der Waals surface area contributed by atoms with E-state index in [0.29, 0.717) is 5.56 Å². The Kier molecular flexibility index (Phi) is 4.55. The Labute approximate surface area is 136 Å². The molecule has 1 aromatic carbocycles. The molecular formula is C18H22N4O. The van der Waals surface area contributed by atoms with Gasteiger partial charge in [0.1, 0.15) is 5.82 Å². The van der Waals surface area contributed by atoms with Crippen molar-refractivity contribution in [3.63, 3.8) is 0 Å². The van der Waals surface area contributed by atoms with E-state index in [9.17, 15) is 4.79 Å². The lowest BCUT2D eigenvalue weighted by molar-refractivity contribution is 0.101. The van der Waals surface area contributed by atoms with Crippen molar-refractivity contribution in [2.45, 2.75) is 33.1 Å². The predicted molar refractivity (Wildman–Crippen MR) is 92.6 cm³/mol. The van der Waals surface area contributed by atoms with Crippen molar-refractivity contribution < 1.29 is 4.79 Å². The first-order valence-corrected chi connectivity index (χ1v) is 8.10. The molecule has 3 rings (SSSR count). The standard InChI is InChI=1S/C18H22N4O/c1-13-11-17(20-16-8-6-7-15(12-16)14(2)23)21-18(19-13)22-9-4-3-5-10-22/h6-8,11-12H,3-5,9-10H2,1-2H3,(H,19,20,21). The highest BCUT2D eigenvalue weighted by atomic mass is 16.1. The SMILES string of the molecule is CC(=O)c1cccc(Nc2cc(C)nc(N3CCCCC3)n2)c1. The molecule has 0 amide bonds. The molecule has 0 bridgehead atoms.